The zero-order valence-corrected chi connectivity index (χ0v) is 10.3. The Bertz CT molecular complexity index is 633. The summed E-state index contributed by atoms with van der Waals surface area (Å²) < 4.78 is 26.1. The zero-order chi connectivity index (χ0) is 11.9. The van der Waals surface area contributed by atoms with E-state index in [2.05, 4.69) is 4.98 Å². The molecule has 0 aliphatic rings. The molecule has 0 atom stereocenters. The highest BCUT2D eigenvalue weighted by molar-refractivity contribution is 7.87. The topological polar surface area (TPSA) is 55.2 Å². The quantitative estimate of drug-likeness (QED) is 0.818. The third-order valence-electron chi connectivity index (χ3n) is 2.17. The van der Waals surface area contributed by atoms with Crippen LogP contribution in [0.1, 0.15) is 0 Å². The monoisotopic (exact) mass is 259 g/mol. The molecule has 0 saturated heterocycles. The van der Waals surface area contributed by atoms with Crippen LogP contribution in [0.3, 0.4) is 0 Å². The highest BCUT2D eigenvalue weighted by Crippen LogP contribution is 2.22. The third kappa shape index (κ3) is 1.59. The first-order valence-electron chi connectivity index (χ1n) is 4.50. The summed E-state index contributed by atoms with van der Waals surface area (Å²) in [5, 5.41) is -0.0603. The highest BCUT2D eigenvalue weighted by atomic mass is 35.5. The first-order valence-corrected chi connectivity index (χ1v) is 6.28. The lowest BCUT2D eigenvalue weighted by Gasteiger charge is -2.13. The van der Waals surface area contributed by atoms with Gasteiger partial charge in [0.15, 0.2) is 0 Å². The molecule has 2 rings (SSSR count). The molecule has 0 radical (unpaired) electrons. The zero-order valence-electron chi connectivity index (χ0n) is 8.75. The predicted octanol–water partition coefficient (Wildman–Crippen LogP) is 1.34. The van der Waals surface area contributed by atoms with Crippen molar-refractivity contribution in [1.29, 1.82) is 0 Å². The summed E-state index contributed by atoms with van der Waals surface area (Å²) in [4.78, 5) is 3.98. The van der Waals surface area contributed by atoms with Gasteiger partial charge in [0, 0.05) is 14.1 Å². The molecule has 1 aromatic heterocycles. The molecule has 0 aliphatic carbocycles. The number of hydrogen-bond acceptors (Lipinski definition) is 3. The van der Waals surface area contributed by atoms with Gasteiger partial charge in [-0.3, -0.25) is 0 Å². The van der Waals surface area contributed by atoms with Crippen molar-refractivity contribution in [2.45, 2.75) is 0 Å². The molecule has 5 nitrogen and oxygen atoms in total. The lowest BCUT2D eigenvalue weighted by molar-refractivity contribution is 0.512. The van der Waals surface area contributed by atoms with Crippen LogP contribution in [-0.4, -0.2) is 35.8 Å². The number of benzene rings is 1. The normalized spacial score (nSPS) is 12.5. The van der Waals surface area contributed by atoms with Gasteiger partial charge in [0.25, 0.3) is 0 Å². The van der Waals surface area contributed by atoms with Crippen LogP contribution >= 0.6 is 11.6 Å². The maximum absolute atomic E-state index is 12.0. The van der Waals surface area contributed by atoms with Gasteiger partial charge in [-0.15, -0.1) is 0 Å². The van der Waals surface area contributed by atoms with Crippen LogP contribution in [0.5, 0.6) is 0 Å². The smallest absolute Gasteiger partial charge is 0.217 e. The minimum absolute atomic E-state index is 0.0603. The maximum Gasteiger partial charge on any atom is 0.309 e. The summed E-state index contributed by atoms with van der Waals surface area (Å²) in [5.74, 6) is 0. The van der Waals surface area contributed by atoms with Crippen molar-refractivity contribution >= 4 is 32.8 Å². The Labute approximate surface area is 98.4 Å². The second-order valence-corrected chi connectivity index (χ2v) is 5.75. The fourth-order valence-corrected chi connectivity index (χ4v) is 2.76. The molecule has 0 fully saturated rings. The Morgan fingerprint density at radius 3 is 2.56 bits per heavy atom. The number of para-hydroxylation sites is 2. The summed E-state index contributed by atoms with van der Waals surface area (Å²) in [6.07, 6.45) is 0. The molecule has 2 aromatic rings. The third-order valence-corrected chi connectivity index (χ3v) is 4.28. The van der Waals surface area contributed by atoms with Crippen LogP contribution < -0.4 is 0 Å². The fourth-order valence-electron chi connectivity index (χ4n) is 1.36. The fraction of sp³-hybridized carbons (Fsp3) is 0.222. The minimum Gasteiger partial charge on any atom is -0.217 e. The second-order valence-electron chi connectivity index (χ2n) is 3.42. The molecule has 86 valence electrons. The summed E-state index contributed by atoms with van der Waals surface area (Å²) in [6.45, 7) is 0. The van der Waals surface area contributed by atoms with Crippen molar-refractivity contribution in [2.75, 3.05) is 14.1 Å². The molecule has 1 aromatic carbocycles. The van der Waals surface area contributed by atoms with Crippen molar-refractivity contribution in [2.24, 2.45) is 0 Å². The predicted molar refractivity (Wildman–Crippen MR) is 62.7 cm³/mol. The van der Waals surface area contributed by atoms with Crippen LogP contribution in [0.25, 0.3) is 11.0 Å². The lowest BCUT2D eigenvalue weighted by Crippen LogP contribution is -2.28. The van der Waals surface area contributed by atoms with Crippen molar-refractivity contribution < 1.29 is 8.42 Å². The molecule has 1 heterocycles. The first kappa shape index (κ1) is 11.4. The molecule has 0 aliphatic heterocycles. The number of halogens is 1. The number of imidazole rings is 1. The van der Waals surface area contributed by atoms with Crippen LogP contribution in [0.2, 0.25) is 5.28 Å². The van der Waals surface area contributed by atoms with Gasteiger partial charge in [-0.05, 0) is 23.7 Å². The molecular formula is C9H10ClN3O2S. The molecule has 0 N–H and O–H groups in total. The Hall–Kier alpha value is -1.11. The van der Waals surface area contributed by atoms with E-state index in [-0.39, 0.29) is 5.28 Å². The maximum atomic E-state index is 12.0. The van der Waals surface area contributed by atoms with E-state index in [1.54, 1.807) is 24.3 Å². The molecule has 0 unspecified atom stereocenters. The van der Waals surface area contributed by atoms with Crippen LogP contribution in [0.15, 0.2) is 24.3 Å². The molecular weight excluding hydrogens is 250 g/mol. The second kappa shape index (κ2) is 3.73. The molecule has 0 amide bonds. The summed E-state index contributed by atoms with van der Waals surface area (Å²) in [5.41, 5.74) is 1.03. The Morgan fingerprint density at radius 2 is 1.94 bits per heavy atom. The molecule has 16 heavy (non-hydrogen) atoms. The number of nitrogens with zero attached hydrogens (tertiary/aromatic N) is 3. The van der Waals surface area contributed by atoms with Gasteiger partial charge in [0.1, 0.15) is 0 Å². The van der Waals surface area contributed by atoms with E-state index in [4.69, 9.17) is 11.6 Å². The van der Waals surface area contributed by atoms with E-state index in [0.717, 1.165) is 8.28 Å². The molecule has 0 spiro atoms. The standard InChI is InChI=1S/C9H10ClN3O2S/c1-12(2)16(14,15)13-8-6-4-3-5-7(8)11-9(13)10/h3-6H,1-2H3. The minimum atomic E-state index is -3.64. The van der Waals surface area contributed by atoms with E-state index >= 15 is 0 Å². The van der Waals surface area contributed by atoms with Crippen LogP contribution in [-0.2, 0) is 10.2 Å². The van der Waals surface area contributed by atoms with E-state index in [0.29, 0.717) is 11.0 Å². The number of fused-ring (bicyclic) bond motifs is 1. The van der Waals surface area contributed by atoms with Gasteiger partial charge >= 0.3 is 10.2 Å². The van der Waals surface area contributed by atoms with E-state index < -0.39 is 10.2 Å². The van der Waals surface area contributed by atoms with Gasteiger partial charge in [-0.25, -0.2) is 4.98 Å². The van der Waals surface area contributed by atoms with Gasteiger partial charge in [0.2, 0.25) is 5.28 Å². The summed E-state index contributed by atoms with van der Waals surface area (Å²) in [7, 11) is -0.746. The van der Waals surface area contributed by atoms with Crippen molar-refractivity contribution in [3.63, 3.8) is 0 Å². The SMILES string of the molecule is CN(C)S(=O)(=O)n1c(Cl)nc2ccccc21. The number of aromatic nitrogens is 2. The average Bonchev–Trinajstić information content (AvgIpc) is 2.53. The van der Waals surface area contributed by atoms with E-state index in [1.165, 1.54) is 14.1 Å². The summed E-state index contributed by atoms with van der Waals surface area (Å²) in [6, 6.07) is 6.89. The molecule has 7 heteroatoms. The van der Waals surface area contributed by atoms with E-state index in [1.807, 2.05) is 0 Å². The molecule has 0 saturated carbocycles. The number of hydrogen-bond donors (Lipinski definition) is 0. The number of rotatable bonds is 2. The Balaban J connectivity index is 2.84. The average molecular weight is 260 g/mol. The van der Waals surface area contributed by atoms with Gasteiger partial charge in [-0.2, -0.15) is 16.7 Å². The van der Waals surface area contributed by atoms with Crippen molar-refractivity contribution in [1.82, 2.24) is 13.3 Å². The van der Waals surface area contributed by atoms with Crippen molar-refractivity contribution in [3.05, 3.63) is 29.5 Å². The largest absolute Gasteiger partial charge is 0.309 e. The van der Waals surface area contributed by atoms with Crippen LogP contribution in [0.4, 0.5) is 0 Å². The molecule has 0 bridgehead atoms. The van der Waals surface area contributed by atoms with Gasteiger partial charge < -0.3 is 0 Å². The van der Waals surface area contributed by atoms with Crippen molar-refractivity contribution in [3.8, 4) is 0 Å². The van der Waals surface area contributed by atoms with Gasteiger partial charge in [-0.1, -0.05) is 12.1 Å². The Kier molecular flexibility index (Phi) is 2.65. The summed E-state index contributed by atoms with van der Waals surface area (Å²) >= 11 is 5.84. The first-order chi connectivity index (χ1) is 7.44. The van der Waals surface area contributed by atoms with Crippen LogP contribution in [0, 0.1) is 0 Å². The Morgan fingerprint density at radius 1 is 1.31 bits per heavy atom. The van der Waals surface area contributed by atoms with E-state index in [9.17, 15) is 8.42 Å². The lowest BCUT2D eigenvalue weighted by atomic mass is 10.3. The highest BCUT2D eigenvalue weighted by Gasteiger charge is 2.22. The van der Waals surface area contributed by atoms with Gasteiger partial charge in [0.05, 0.1) is 11.0 Å².